The molecule has 1 aliphatic rings. The maximum atomic E-state index is 8.43. The predicted molar refractivity (Wildman–Crippen MR) is 49.7 cm³/mol. The molecule has 0 heterocycles. The Balaban J connectivity index is 2.14. The highest BCUT2D eigenvalue weighted by Gasteiger charge is 2.18. The van der Waals surface area contributed by atoms with Gasteiger partial charge in [-0.15, -0.1) is 0 Å². The van der Waals surface area contributed by atoms with Gasteiger partial charge in [0.15, 0.2) is 0 Å². The van der Waals surface area contributed by atoms with E-state index in [2.05, 4.69) is 11.4 Å². The van der Waals surface area contributed by atoms with Crippen molar-refractivity contribution in [1.29, 1.82) is 5.26 Å². The van der Waals surface area contributed by atoms with Crippen LogP contribution in [0.5, 0.6) is 0 Å². The van der Waals surface area contributed by atoms with Crippen LogP contribution in [0.25, 0.3) is 0 Å². The summed E-state index contributed by atoms with van der Waals surface area (Å²) in [4.78, 5) is 0. The topological polar surface area (TPSA) is 35.8 Å². The number of nitrogens with zero attached hydrogens (tertiary/aromatic N) is 1. The Morgan fingerprint density at radius 1 is 1.33 bits per heavy atom. The number of nitriles is 1. The average molecular weight is 166 g/mol. The molecule has 1 aliphatic carbocycles. The van der Waals surface area contributed by atoms with Gasteiger partial charge in [-0.1, -0.05) is 0 Å². The van der Waals surface area contributed by atoms with Crippen molar-refractivity contribution in [3.05, 3.63) is 0 Å². The molecule has 1 fully saturated rings. The molecule has 1 rings (SSSR count). The van der Waals surface area contributed by atoms with Crippen molar-refractivity contribution in [1.82, 2.24) is 5.32 Å². The Morgan fingerprint density at radius 2 is 2.00 bits per heavy atom. The van der Waals surface area contributed by atoms with E-state index in [9.17, 15) is 0 Å². The standard InChI is InChI=1S/C10H18N2/c1-12-10-6-4-9(5-7-10)3-2-8-11/h9-10,12H,2-7H2,1H3/t9-,10-. The molecule has 68 valence electrons. The molecule has 0 aromatic carbocycles. The van der Waals surface area contributed by atoms with Gasteiger partial charge in [-0.2, -0.15) is 5.26 Å². The van der Waals surface area contributed by atoms with Gasteiger partial charge in [-0.25, -0.2) is 0 Å². The third-order valence-electron chi connectivity index (χ3n) is 2.92. The first kappa shape index (κ1) is 9.54. The summed E-state index contributed by atoms with van der Waals surface area (Å²) in [7, 11) is 2.04. The van der Waals surface area contributed by atoms with E-state index in [0.29, 0.717) is 0 Å². The molecule has 2 nitrogen and oxygen atoms in total. The van der Waals surface area contributed by atoms with Crippen molar-refractivity contribution in [2.45, 2.75) is 44.6 Å². The lowest BCUT2D eigenvalue weighted by molar-refractivity contribution is 0.291. The summed E-state index contributed by atoms with van der Waals surface area (Å²) < 4.78 is 0. The lowest BCUT2D eigenvalue weighted by Crippen LogP contribution is -2.30. The van der Waals surface area contributed by atoms with Crippen LogP contribution in [-0.2, 0) is 0 Å². The van der Waals surface area contributed by atoms with Gasteiger partial charge in [-0.3, -0.25) is 0 Å². The summed E-state index contributed by atoms with van der Waals surface area (Å²) in [6, 6.07) is 2.96. The molecule has 0 aromatic rings. The van der Waals surface area contributed by atoms with Crippen molar-refractivity contribution in [3.63, 3.8) is 0 Å². The normalized spacial score (nSPS) is 29.7. The minimum atomic E-state index is 0.739. The predicted octanol–water partition coefficient (Wildman–Crippen LogP) is 2.07. The summed E-state index contributed by atoms with van der Waals surface area (Å²) >= 11 is 0. The van der Waals surface area contributed by atoms with Gasteiger partial charge >= 0.3 is 0 Å². The molecule has 0 atom stereocenters. The highest BCUT2D eigenvalue weighted by molar-refractivity contribution is 4.79. The van der Waals surface area contributed by atoms with Crippen LogP contribution in [0, 0.1) is 17.2 Å². The van der Waals surface area contributed by atoms with Crippen LogP contribution in [0.15, 0.2) is 0 Å². The lowest BCUT2D eigenvalue weighted by Gasteiger charge is -2.27. The highest BCUT2D eigenvalue weighted by atomic mass is 14.9. The molecule has 12 heavy (non-hydrogen) atoms. The Bertz CT molecular complexity index is 152. The largest absolute Gasteiger partial charge is 0.317 e. The van der Waals surface area contributed by atoms with Gasteiger partial charge in [0.1, 0.15) is 0 Å². The van der Waals surface area contributed by atoms with E-state index in [4.69, 9.17) is 5.26 Å². The Hall–Kier alpha value is -0.550. The minimum Gasteiger partial charge on any atom is -0.317 e. The monoisotopic (exact) mass is 166 g/mol. The molecule has 0 radical (unpaired) electrons. The molecule has 0 bridgehead atoms. The lowest BCUT2D eigenvalue weighted by atomic mass is 9.83. The molecule has 1 N–H and O–H groups in total. The van der Waals surface area contributed by atoms with E-state index in [0.717, 1.165) is 24.8 Å². The Labute approximate surface area is 75.0 Å². The zero-order valence-corrected chi connectivity index (χ0v) is 7.84. The maximum absolute atomic E-state index is 8.43. The van der Waals surface area contributed by atoms with Crippen molar-refractivity contribution >= 4 is 0 Å². The first-order valence-corrected chi connectivity index (χ1v) is 4.91. The number of nitrogens with one attached hydrogen (secondary N) is 1. The van der Waals surface area contributed by atoms with Gasteiger partial charge in [0, 0.05) is 12.5 Å². The molecule has 2 heteroatoms. The van der Waals surface area contributed by atoms with Crippen LogP contribution in [-0.4, -0.2) is 13.1 Å². The van der Waals surface area contributed by atoms with Crippen molar-refractivity contribution in [2.24, 2.45) is 5.92 Å². The van der Waals surface area contributed by atoms with E-state index in [1.807, 2.05) is 7.05 Å². The molecule has 0 aliphatic heterocycles. The maximum Gasteiger partial charge on any atom is 0.0621 e. The van der Waals surface area contributed by atoms with E-state index < -0.39 is 0 Å². The van der Waals surface area contributed by atoms with E-state index in [-0.39, 0.29) is 0 Å². The number of rotatable bonds is 3. The van der Waals surface area contributed by atoms with Crippen LogP contribution >= 0.6 is 0 Å². The van der Waals surface area contributed by atoms with Gasteiger partial charge in [0.2, 0.25) is 0 Å². The van der Waals surface area contributed by atoms with Crippen molar-refractivity contribution in [2.75, 3.05) is 7.05 Å². The van der Waals surface area contributed by atoms with Gasteiger partial charge in [0.25, 0.3) is 0 Å². The van der Waals surface area contributed by atoms with Crippen molar-refractivity contribution < 1.29 is 0 Å². The fraction of sp³-hybridized carbons (Fsp3) is 0.900. The average Bonchev–Trinajstić information content (AvgIpc) is 2.15. The van der Waals surface area contributed by atoms with Crippen LogP contribution in [0.4, 0.5) is 0 Å². The Kier molecular flexibility index (Phi) is 4.10. The summed E-state index contributed by atoms with van der Waals surface area (Å²) in [5.74, 6) is 0.828. The fourth-order valence-electron chi connectivity index (χ4n) is 2.01. The quantitative estimate of drug-likeness (QED) is 0.696. The van der Waals surface area contributed by atoms with Crippen molar-refractivity contribution in [3.8, 4) is 6.07 Å². The second-order valence-electron chi connectivity index (χ2n) is 3.70. The van der Waals surface area contributed by atoms with Crippen LogP contribution < -0.4 is 5.32 Å². The summed E-state index contributed by atoms with van der Waals surface area (Å²) in [5.41, 5.74) is 0. The molecule has 0 spiro atoms. The third kappa shape index (κ3) is 2.83. The van der Waals surface area contributed by atoms with Crippen LogP contribution in [0.2, 0.25) is 0 Å². The van der Waals surface area contributed by atoms with Crippen LogP contribution in [0.1, 0.15) is 38.5 Å². The summed E-state index contributed by atoms with van der Waals surface area (Å²) in [6.07, 6.45) is 7.08. The van der Waals surface area contributed by atoms with Crippen LogP contribution in [0.3, 0.4) is 0 Å². The van der Waals surface area contributed by atoms with Gasteiger partial charge in [0.05, 0.1) is 6.07 Å². The molecular weight excluding hydrogens is 148 g/mol. The van der Waals surface area contributed by atoms with Gasteiger partial charge < -0.3 is 5.32 Å². The SMILES string of the molecule is CN[C@H]1CC[C@H](CCC#N)CC1. The van der Waals surface area contributed by atoms with E-state index in [1.54, 1.807) is 0 Å². The first-order valence-electron chi connectivity index (χ1n) is 4.91. The zero-order valence-electron chi connectivity index (χ0n) is 7.84. The zero-order chi connectivity index (χ0) is 8.81. The fourth-order valence-corrected chi connectivity index (χ4v) is 2.01. The third-order valence-corrected chi connectivity index (χ3v) is 2.92. The summed E-state index contributed by atoms with van der Waals surface area (Å²) in [6.45, 7) is 0. The first-order chi connectivity index (χ1) is 5.86. The molecule has 0 saturated heterocycles. The number of hydrogen-bond acceptors (Lipinski definition) is 2. The molecule has 0 amide bonds. The number of hydrogen-bond donors (Lipinski definition) is 1. The van der Waals surface area contributed by atoms with E-state index >= 15 is 0 Å². The van der Waals surface area contributed by atoms with E-state index in [1.165, 1.54) is 25.7 Å². The van der Waals surface area contributed by atoms with Gasteiger partial charge in [-0.05, 0) is 45.1 Å². The second-order valence-corrected chi connectivity index (χ2v) is 3.70. The highest BCUT2D eigenvalue weighted by Crippen LogP contribution is 2.27. The summed E-state index contributed by atoms with van der Waals surface area (Å²) in [5, 5.41) is 11.7. The second kappa shape index (κ2) is 5.16. The molecular formula is C10H18N2. The molecule has 1 saturated carbocycles. The molecule has 0 aromatic heterocycles. The minimum absolute atomic E-state index is 0.739. The Morgan fingerprint density at radius 3 is 2.50 bits per heavy atom. The smallest absolute Gasteiger partial charge is 0.0621 e. The molecule has 0 unspecified atom stereocenters.